The minimum absolute atomic E-state index is 0.0407. The number of carbonyl (C=O) groups excluding carboxylic acids is 2. The molecular formula is C23H28IN3O4. The van der Waals surface area contributed by atoms with Gasteiger partial charge in [-0.2, -0.15) is 5.10 Å². The van der Waals surface area contributed by atoms with Gasteiger partial charge >= 0.3 is 0 Å². The molecular weight excluding hydrogens is 509 g/mol. The second kappa shape index (κ2) is 12.3. The van der Waals surface area contributed by atoms with E-state index in [2.05, 4.69) is 38.4 Å². The number of nitrogens with zero attached hydrogens (tertiary/aromatic N) is 1. The van der Waals surface area contributed by atoms with Crippen LogP contribution in [0.15, 0.2) is 35.4 Å². The molecule has 2 amide bonds. The van der Waals surface area contributed by atoms with E-state index in [1.165, 1.54) is 6.21 Å². The number of amides is 2. The summed E-state index contributed by atoms with van der Waals surface area (Å²) < 4.78 is 12.2. The quantitative estimate of drug-likeness (QED) is 0.264. The number of aryl methyl sites for hydroxylation is 2. The molecule has 0 heterocycles. The molecule has 0 saturated carbocycles. The summed E-state index contributed by atoms with van der Waals surface area (Å²) >= 11 is 2.17. The van der Waals surface area contributed by atoms with Gasteiger partial charge < -0.3 is 14.8 Å². The molecule has 0 aliphatic rings. The van der Waals surface area contributed by atoms with Crippen LogP contribution in [-0.2, 0) is 9.59 Å². The Kier molecular flexibility index (Phi) is 9.77. The van der Waals surface area contributed by atoms with Crippen molar-refractivity contribution in [3.05, 3.63) is 50.6 Å². The van der Waals surface area contributed by atoms with E-state index in [9.17, 15) is 9.59 Å². The van der Waals surface area contributed by atoms with Crippen LogP contribution in [0.4, 0.5) is 5.69 Å². The van der Waals surface area contributed by atoms with Crippen LogP contribution in [0.5, 0.6) is 11.5 Å². The van der Waals surface area contributed by atoms with Crippen LogP contribution in [0.25, 0.3) is 0 Å². The van der Waals surface area contributed by atoms with E-state index in [1.807, 2.05) is 58.0 Å². The Balaban J connectivity index is 1.89. The molecule has 0 saturated heterocycles. The highest BCUT2D eigenvalue weighted by Crippen LogP contribution is 2.33. The number of anilines is 1. The molecule has 0 bridgehead atoms. The Morgan fingerprint density at radius 3 is 2.45 bits per heavy atom. The van der Waals surface area contributed by atoms with Crippen LogP contribution in [0.2, 0.25) is 0 Å². The first-order chi connectivity index (χ1) is 14.8. The summed E-state index contributed by atoms with van der Waals surface area (Å²) in [6, 6.07) is 9.54. The van der Waals surface area contributed by atoms with Crippen molar-refractivity contribution in [1.82, 2.24) is 5.43 Å². The van der Waals surface area contributed by atoms with Gasteiger partial charge in [0.2, 0.25) is 11.8 Å². The van der Waals surface area contributed by atoms with Crippen molar-refractivity contribution in [2.75, 3.05) is 18.5 Å². The van der Waals surface area contributed by atoms with Crippen molar-refractivity contribution in [1.29, 1.82) is 0 Å². The van der Waals surface area contributed by atoms with Gasteiger partial charge in [-0.3, -0.25) is 9.59 Å². The number of hydrogen-bond acceptors (Lipinski definition) is 5. The van der Waals surface area contributed by atoms with Crippen molar-refractivity contribution < 1.29 is 19.1 Å². The standard InChI is InChI=1S/C23H28IN3O4/c1-5-30-20-13-17(12-18(24)23(20)31-6-2)14-25-27-22(29)10-9-21(28)26-19-11-15(3)7-8-16(19)4/h7-8,11-14H,5-6,9-10H2,1-4H3,(H,26,28)(H,27,29). The molecule has 8 heteroatoms. The summed E-state index contributed by atoms with van der Waals surface area (Å²) in [5.41, 5.74) is 6.02. The van der Waals surface area contributed by atoms with Gasteiger partial charge in [-0.15, -0.1) is 0 Å². The summed E-state index contributed by atoms with van der Waals surface area (Å²) in [6.07, 6.45) is 1.65. The number of nitrogens with one attached hydrogen (secondary N) is 2. The maximum Gasteiger partial charge on any atom is 0.240 e. The number of hydrazone groups is 1. The third kappa shape index (κ3) is 7.86. The molecule has 166 valence electrons. The Bertz CT molecular complexity index is 960. The van der Waals surface area contributed by atoms with E-state index >= 15 is 0 Å². The number of rotatable bonds is 10. The molecule has 0 atom stereocenters. The maximum absolute atomic E-state index is 12.1. The minimum Gasteiger partial charge on any atom is -0.490 e. The van der Waals surface area contributed by atoms with Gasteiger partial charge in [0.25, 0.3) is 0 Å². The van der Waals surface area contributed by atoms with Gasteiger partial charge in [0.15, 0.2) is 11.5 Å². The van der Waals surface area contributed by atoms with Crippen molar-refractivity contribution in [2.45, 2.75) is 40.5 Å². The highest BCUT2D eigenvalue weighted by Gasteiger charge is 2.12. The molecule has 2 aromatic rings. The second-order valence-electron chi connectivity index (χ2n) is 6.86. The molecule has 0 aliphatic carbocycles. The molecule has 0 aromatic heterocycles. The third-order valence-electron chi connectivity index (χ3n) is 4.27. The second-order valence-corrected chi connectivity index (χ2v) is 8.02. The first kappa shape index (κ1) is 24.6. The molecule has 7 nitrogen and oxygen atoms in total. The van der Waals surface area contributed by atoms with E-state index in [4.69, 9.17) is 9.47 Å². The topological polar surface area (TPSA) is 89.0 Å². The first-order valence-electron chi connectivity index (χ1n) is 10.1. The van der Waals surface area contributed by atoms with Gasteiger partial charge in [-0.05, 0) is 85.2 Å². The van der Waals surface area contributed by atoms with Crippen molar-refractivity contribution in [2.24, 2.45) is 5.10 Å². The maximum atomic E-state index is 12.1. The molecule has 0 fully saturated rings. The third-order valence-corrected chi connectivity index (χ3v) is 5.07. The summed E-state index contributed by atoms with van der Waals surface area (Å²) in [4.78, 5) is 24.2. The smallest absolute Gasteiger partial charge is 0.240 e. The molecule has 31 heavy (non-hydrogen) atoms. The number of hydrogen-bond donors (Lipinski definition) is 2. The Morgan fingerprint density at radius 2 is 1.74 bits per heavy atom. The number of halogens is 1. The molecule has 0 aliphatic heterocycles. The fourth-order valence-electron chi connectivity index (χ4n) is 2.75. The molecule has 2 N–H and O–H groups in total. The SMILES string of the molecule is CCOc1cc(C=NNC(=O)CCC(=O)Nc2cc(C)ccc2C)cc(I)c1OCC. The summed E-state index contributed by atoms with van der Waals surface area (Å²) in [6.45, 7) is 8.76. The number of ether oxygens (including phenoxy) is 2. The van der Waals surface area contributed by atoms with Crippen LogP contribution in [0.3, 0.4) is 0 Å². The predicted octanol–water partition coefficient (Wildman–Crippen LogP) is 4.57. The Hall–Kier alpha value is -2.62. The van der Waals surface area contributed by atoms with Crippen LogP contribution < -0.4 is 20.2 Å². The lowest BCUT2D eigenvalue weighted by Gasteiger charge is -2.13. The highest BCUT2D eigenvalue weighted by atomic mass is 127. The predicted molar refractivity (Wildman–Crippen MR) is 131 cm³/mol. The van der Waals surface area contributed by atoms with Gasteiger partial charge in [0, 0.05) is 18.5 Å². The zero-order valence-corrected chi connectivity index (χ0v) is 20.4. The van der Waals surface area contributed by atoms with Crippen molar-refractivity contribution in [3.63, 3.8) is 0 Å². The van der Waals surface area contributed by atoms with Gasteiger partial charge in [-0.1, -0.05) is 12.1 Å². The van der Waals surface area contributed by atoms with Gasteiger partial charge in [0.05, 0.1) is 23.0 Å². The van der Waals surface area contributed by atoms with E-state index in [0.29, 0.717) is 24.7 Å². The molecule has 2 aromatic carbocycles. The van der Waals surface area contributed by atoms with Gasteiger partial charge in [0.1, 0.15) is 0 Å². The summed E-state index contributed by atoms with van der Waals surface area (Å²) in [7, 11) is 0. The number of carbonyl (C=O) groups is 2. The normalized spacial score (nSPS) is 10.7. The van der Waals surface area contributed by atoms with Crippen molar-refractivity contribution in [3.8, 4) is 11.5 Å². The lowest BCUT2D eigenvalue weighted by Crippen LogP contribution is -2.21. The van der Waals surface area contributed by atoms with E-state index < -0.39 is 0 Å². The monoisotopic (exact) mass is 537 g/mol. The lowest BCUT2D eigenvalue weighted by atomic mass is 10.1. The fraction of sp³-hybridized carbons (Fsp3) is 0.348. The van der Waals surface area contributed by atoms with Crippen LogP contribution >= 0.6 is 22.6 Å². The highest BCUT2D eigenvalue weighted by molar-refractivity contribution is 14.1. The summed E-state index contributed by atoms with van der Waals surface area (Å²) in [5, 5.41) is 6.84. The number of benzene rings is 2. The van der Waals surface area contributed by atoms with Crippen LogP contribution in [0.1, 0.15) is 43.4 Å². The average molecular weight is 537 g/mol. The van der Waals surface area contributed by atoms with Crippen LogP contribution in [0, 0.1) is 17.4 Å². The van der Waals surface area contributed by atoms with E-state index in [-0.39, 0.29) is 24.7 Å². The largest absolute Gasteiger partial charge is 0.490 e. The zero-order chi connectivity index (χ0) is 22.8. The first-order valence-corrected chi connectivity index (χ1v) is 11.2. The molecule has 0 spiro atoms. The minimum atomic E-state index is -0.335. The Labute approximate surface area is 196 Å². The zero-order valence-electron chi connectivity index (χ0n) is 18.3. The van der Waals surface area contributed by atoms with E-state index in [0.717, 1.165) is 25.9 Å². The molecule has 2 rings (SSSR count). The van der Waals surface area contributed by atoms with Crippen LogP contribution in [-0.4, -0.2) is 31.2 Å². The molecule has 0 radical (unpaired) electrons. The van der Waals surface area contributed by atoms with Crippen molar-refractivity contribution >= 4 is 46.3 Å². The summed E-state index contributed by atoms with van der Waals surface area (Å²) in [5.74, 6) is 0.779. The molecule has 0 unspecified atom stereocenters. The Morgan fingerprint density at radius 1 is 1.03 bits per heavy atom. The van der Waals surface area contributed by atoms with Gasteiger partial charge in [-0.25, -0.2) is 5.43 Å². The van der Waals surface area contributed by atoms with E-state index in [1.54, 1.807) is 0 Å². The lowest BCUT2D eigenvalue weighted by molar-refractivity contribution is -0.124. The fourth-order valence-corrected chi connectivity index (χ4v) is 3.54. The average Bonchev–Trinajstić information content (AvgIpc) is 2.72.